The number of allylic oxidation sites excluding steroid dienone is 1. The van der Waals surface area contributed by atoms with Crippen LogP contribution in [0.25, 0.3) is 33.4 Å². The molecule has 1 saturated heterocycles. The summed E-state index contributed by atoms with van der Waals surface area (Å²) in [6.07, 6.45) is 3.42. The smallest absolute Gasteiger partial charge is 0.350 e. The minimum atomic E-state index is -0.436. The van der Waals surface area contributed by atoms with Crippen LogP contribution in [-0.4, -0.2) is 56.0 Å². The Kier molecular flexibility index (Phi) is 8.11. The second-order valence-corrected chi connectivity index (χ2v) is 12.0. The Balaban J connectivity index is 1.78. The fourth-order valence-electron chi connectivity index (χ4n) is 5.26. The molecule has 4 heterocycles. The average Bonchev–Trinajstić information content (AvgIpc) is 3.42. The number of aromatic nitrogens is 4. The average molecular weight is 589 g/mol. The van der Waals surface area contributed by atoms with Crippen molar-refractivity contribution in [2.45, 2.75) is 46.6 Å². The number of fused-ring (bicyclic) bond motifs is 1. The lowest BCUT2D eigenvalue weighted by molar-refractivity contribution is -0.126. The molecule has 41 heavy (non-hydrogen) atoms. The molecule has 5 rings (SSSR count). The first-order valence-electron chi connectivity index (χ1n) is 13.6. The van der Waals surface area contributed by atoms with E-state index in [1.807, 2.05) is 65.0 Å². The molecule has 1 aliphatic heterocycles. The Morgan fingerprint density at radius 3 is 2.63 bits per heavy atom. The number of anilines is 1. The highest BCUT2D eigenvalue weighted by Crippen LogP contribution is 2.37. The summed E-state index contributed by atoms with van der Waals surface area (Å²) in [7, 11) is 0. The minimum absolute atomic E-state index is 0.0925. The van der Waals surface area contributed by atoms with Gasteiger partial charge in [0.25, 0.3) is 0 Å². The third-order valence-electron chi connectivity index (χ3n) is 7.17. The van der Waals surface area contributed by atoms with Gasteiger partial charge in [-0.1, -0.05) is 67.9 Å². The molecule has 1 fully saturated rings. The fourth-order valence-corrected chi connectivity index (χ4v) is 6.46. The molecule has 10 heteroatoms. The van der Waals surface area contributed by atoms with E-state index < -0.39 is 5.69 Å². The summed E-state index contributed by atoms with van der Waals surface area (Å²) < 4.78 is 1.57. The number of thiazole rings is 1. The lowest BCUT2D eigenvalue weighted by atomic mass is 10.0. The van der Waals surface area contributed by atoms with Gasteiger partial charge in [0.15, 0.2) is 5.65 Å². The topological polar surface area (TPSA) is 84.2 Å². The van der Waals surface area contributed by atoms with Gasteiger partial charge >= 0.3 is 5.69 Å². The second-order valence-electron chi connectivity index (χ2n) is 10.8. The predicted octanol–water partition coefficient (Wildman–Crippen LogP) is 6.33. The second kappa shape index (κ2) is 11.6. The van der Waals surface area contributed by atoms with E-state index in [2.05, 4.69) is 27.5 Å². The zero-order chi connectivity index (χ0) is 29.4. The number of piperazine rings is 1. The number of nitrogens with zero attached hydrogens (tertiary/aromatic N) is 6. The number of amides is 1. The number of hydrogen-bond donors (Lipinski definition) is 0. The maximum absolute atomic E-state index is 13.9. The third-order valence-corrected chi connectivity index (χ3v) is 8.29. The molecule has 3 aromatic heterocycles. The van der Waals surface area contributed by atoms with Gasteiger partial charge in [-0.25, -0.2) is 19.3 Å². The standard InChI is InChI=1S/C31H33ClN6O2S/c1-7-25(39)36-12-13-37(20(6)16-36)28-23-15-24(32)27(22-11-9-8-10-21(22)14-18(2)3)34-29(23)38(31(40)35-28)30-26(19(4)5)33-17-41-30/h7-11,14-15,17,19-20H,1,12-13,16H2,2-6H3/t20-/m0/s1. The quantitative estimate of drug-likeness (QED) is 0.245. The number of carbonyl (C=O) groups excluding carboxylic acids is 1. The molecule has 1 atom stereocenters. The highest BCUT2D eigenvalue weighted by atomic mass is 35.5. The van der Waals surface area contributed by atoms with Crippen molar-refractivity contribution in [2.24, 2.45) is 0 Å². The molecule has 0 N–H and O–H groups in total. The van der Waals surface area contributed by atoms with E-state index in [1.165, 1.54) is 17.4 Å². The van der Waals surface area contributed by atoms with Crippen molar-refractivity contribution >= 4 is 51.8 Å². The molecule has 1 aliphatic rings. The van der Waals surface area contributed by atoms with E-state index in [-0.39, 0.29) is 17.9 Å². The van der Waals surface area contributed by atoms with Crippen molar-refractivity contribution in [2.75, 3.05) is 24.5 Å². The van der Waals surface area contributed by atoms with E-state index in [1.54, 1.807) is 15.0 Å². The molecular formula is C31H33ClN6O2S. The summed E-state index contributed by atoms with van der Waals surface area (Å²) in [5.41, 5.74) is 6.17. The number of halogens is 1. The Hall–Kier alpha value is -3.82. The molecule has 0 spiro atoms. The molecule has 0 aliphatic carbocycles. The Labute approximate surface area is 248 Å². The molecule has 0 bridgehead atoms. The summed E-state index contributed by atoms with van der Waals surface area (Å²) in [6, 6.07) is 9.72. The molecule has 4 aromatic rings. The van der Waals surface area contributed by atoms with Crippen LogP contribution in [0.3, 0.4) is 0 Å². The van der Waals surface area contributed by atoms with Crippen molar-refractivity contribution in [1.29, 1.82) is 0 Å². The summed E-state index contributed by atoms with van der Waals surface area (Å²) >= 11 is 8.37. The van der Waals surface area contributed by atoms with Gasteiger partial charge in [-0.15, -0.1) is 11.3 Å². The number of pyridine rings is 1. The van der Waals surface area contributed by atoms with Gasteiger partial charge in [-0.2, -0.15) is 4.98 Å². The van der Waals surface area contributed by atoms with Crippen molar-refractivity contribution in [3.63, 3.8) is 0 Å². The molecule has 0 saturated carbocycles. The van der Waals surface area contributed by atoms with E-state index in [9.17, 15) is 9.59 Å². The number of benzene rings is 1. The van der Waals surface area contributed by atoms with Crippen LogP contribution in [-0.2, 0) is 4.79 Å². The molecule has 1 aromatic carbocycles. The van der Waals surface area contributed by atoms with Crippen LogP contribution < -0.4 is 10.6 Å². The van der Waals surface area contributed by atoms with Crippen molar-refractivity contribution in [3.8, 4) is 16.3 Å². The van der Waals surface area contributed by atoms with Gasteiger partial charge < -0.3 is 9.80 Å². The predicted molar refractivity (Wildman–Crippen MR) is 168 cm³/mol. The zero-order valence-electron chi connectivity index (χ0n) is 23.9. The van der Waals surface area contributed by atoms with E-state index in [0.717, 1.165) is 22.4 Å². The van der Waals surface area contributed by atoms with E-state index >= 15 is 0 Å². The molecule has 0 radical (unpaired) electrons. The Morgan fingerprint density at radius 1 is 1.20 bits per heavy atom. The Morgan fingerprint density at radius 2 is 1.95 bits per heavy atom. The first-order valence-corrected chi connectivity index (χ1v) is 14.9. The van der Waals surface area contributed by atoms with E-state index in [4.69, 9.17) is 16.6 Å². The molecular weight excluding hydrogens is 556 g/mol. The van der Waals surface area contributed by atoms with Gasteiger partial charge in [-0.3, -0.25) is 4.79 Å². The Bertz CT molecular complexity index is 1740. The summed E-state index contributed by atoms with van der Waals surface area (Å²) in [6.45, 7) is 15.3. The SMILES string of the molecule is C=CC(=O)N1CCN(c2nc(=O)n(-c3scnc3C(C)C)c3nc(-c4ccccc4C=C(C)C)c(Cl)cc23)[C@@H](C)C1. The highest BCUT2D eigenvalue weighted by Gasteiger charge is 2.30. The first kappa shape index (κ1) is 28.7. The lowest BCUT2D eigenvalue weighted by Crippen LogP contribution is -2.54. The maximum atomic E-state index is 13.9. The highest BCUT2D eigenvalue weighted by molar-refractivity contribution is 7.12. The van der Waals surface area contributed by atoms with Crippen LogP contribution in [0.5, 0.6) is 0 Å². The molecule has 212 valence electrons. The summed E-state index contributed by atoms with van der Waals surface area (Å²) in [5, 5.41) is 1.82. The van der Waals surface area contributed by atoms with Crippen LogP contribution in [0.4, 0.5) is 5.82 Å². The van der Waals surface area contributed by atoms with Gasteiger partial charge in [0.05, 0.1) is 27.3 Å². The normalized spacial score (nSPS) is 15.4. The van der Waals surface area contributed by atoms with Gasteiger partial charge in [0.2, 0.25) is 5.91 Å². The largest absolute Gasteiger partial charge is 0.356 e. The van der Waals surface area contributed by atoms with E-state index in [0.29, 0.717) is 52.2 Å². The maximum Gasteiger partial charge on any atom is 0.356 e. The summed E-state index contributed by atoms with van der Waals surface area (Å²) in [5.74, 6) is 0.493. The van der Waals surface area contributed by atoms with Crippen LogP contribution in [0, 0.1) is 0 Å². The molecule has 1 amide bonds. The monoisotopic (exact) mass is 588 g/mol. The number of carbonyl (C=O) groups is 1. The van der Waals surface area contributed by atoms with Crippen LogP contribution >= 0.6 is 22.9 Å². The van der Waals surface area contributed by atoms with Crippen molar-refractivity contribution in [3.05, 3.63) is 80.8 Å². The molecule has 8 nitrogen and oxygen atoms in total. The van der Waals surface area contributed by atoms with Crippen LogP contribution in [0.2, 0.25) is 5.02 Å². The van der Waals surface area contributed by atoms with Crippen molar-refractivity contribution in [1.82, 2.24) is 24.4 Å². The lowest BCUT2D eigenvalue weighted by Gasteiger charge is -2.40. The number of hydrogen-bond acceptors (Lipinski definition) is 7. The van der Waals surface area contributed by atoms with Crippen LogP contribution in [0.15, 0.2) is 58.9 Å². The van der Waals surface area contributed by atoms with Gasteiger partial charge in [-0.05, 0) is 44.4 Å². The summed E-state index contributed by atoms with van der Waals surface area (Å²) in [4.78, 5) is 44.2. The van der Waals surface area contributed by atoms with Gasteiger partial charge in [0, 0.05) is 31.2 Å². The minimum Gasteiger partial charge on any atom is -0.350 e. The number of rotatable bonds is 6. The fraction of sp³-hybridized carbons (Fsp3) is 0.323. The zero-order valence-corrected chi connectivity index (χ0v) is 25.5. The van der Waals surface area contributed by atoms with Gasteiger partial charge in [0.1, 0.15) is 10.8 Å². The molecule has 0 unspecified atom stereocenters. The first-order chi connectivity index (χ1) is 19.6. The van der Waals surface area contributed by atoms with Crippen molar-refractivity contribution < 1.29 is 4.79 Å². The van der Waals surface area contributed by atoms with Crippen LogP contribution in [0.1, 0.15) is 51.8 Å². The third kappa shape index (κ3) is 5.44.